The molecule has 0 aliphatic carbocycles. The number of amides is 1. The van der Waals surface area contributed by atoms with Crippen LogP contribution >= 0.6 is 0 Å². The largest absolute Gasteiger partial charge is 0.356 e. The number of rotatable bonds is 5. The highest BCUT2D eigenvalue weighted by Crippen LogP contribution is 2.32. The molecule has 26 heavy (non-hydrogen) atoms. The van der Waals surface area contributed by atoms with E-state index in [1.54, 1.807) is 0 Å². The minimum absolute atomic E-state index is 0.0686. The molecule has 1 saturated heterocycles. The molecule has 5 nitrogen and oxygen atoms in total. The number of carbonyl (C=O) groups excluding carboxylic acids is 1. The van der Waals surface area contributed by atoms with Crippen molar-refractivity contribution in [1.82, 2.24) is 15.5 Å². The van der Waals surface area contributed by atoms with Crippen molar-refractivity contribution in [2.24, 2.45) is 16.3 Å². The van der Waals surface area contributed by atoms with E-state index in [1.165, 1.54) is 5.56 Å². The van der Waals surface area contributed by atoms with E-state index in [9.17, 15) is 4.79 Å². The second-order valence-corrected chi connectivity index (χ2v) is 7.87. The van der Waals surface area contributed by atoms with E-state index >= 15 is 0 Å². The Hall–Kier alpha value is -2.04. The molecule has 1 fully saturated rings. The number of aliphatic imine (C=N–C) groups is 1. The average Bonchev–Trinajstić information content (AvgIpc) is 2.63. The summed E-state index contributed by atoms with van der Waals surface area (Å²) in [6.45, 7) is 11.4. The third kappa shape index (κ3) is 4.99. The van der Waals surface area contributed by atoms with Crippen molar-refractivity contribution < 1.29 is 4.79 Å². The molecular formula is C21H34N4O. The van der Waals surface area contributed by atoms with Crippen LogP contribution in [-0.4, -0.2) is 50.0 Å². The Bertz CT molecular complexity index is 612. The van der Waals surface area contributed by atoms with Gasteiger partial charge in [0.1, 0.15) is 0 Å². The van der Waals surface area contributed by atoms with Crippen molar-refractivity contribution in [3.63, 3.8) is 0 Å². The van der Waals surface area contributed by atoms with Crippen LogP contribution in [0.5, 0.6) is 0 Å². The molecule has 0 spiro atoms. The molecule has 2 unspecified atom stereocenters. The Morgan fingerprint density at radius 1 is 1.27 bits per heavy atom. The lowest BCUT2D eigenvalue weighted by molar-refractivity contribution is -0.128. The zero-order chi connectivity index (χ0) is 19.2. The molecule has 5 heteroatoms. The Balaban J connectivity index is 1.94. The van der Waals surface area contributed by atoms with Crippen molar-refractivity contribution in [2.45, 2.75) is 40.0 Å². The molecule has 2 atom stereocenters. The number of nitrogens with one attached hydrogen (secondary N) is 2. The molecule has 0 radical (unpaired) electrons. The highest BCUT2D eigenvalue weighted by atomic mass is 16.2. The summed E-state index contributed by atoms with van der Waals surface area (Å²) in [7, 11) is 1.81. The summed E-state index contributed by atoms with van der Waals surface area (Å²) in [5.74, 6) is 2.11. The van der Waals surface area contributed by atoms with E-state index in [0.29, 0.717) is 24.9 Å². The number of hydrogen-bond acceptors (Lipinski definition) is 2. The summed E-state index contributed by atoms with van der Waals surface area (Å²) < 4.78 is 0. The summed E-state index contributed by atoms with van der Waals surface area (Å²) >= 11 is 0. The first-order chi connectivity index (χ1) is 12.4. The molecule has 144 valence electrons. The number of benzene rings is 1. The van der Waals surface area contributed by atoms with E-state index in [0.717, 1.165) is 25.5 Å². The van der Waals surface area contributed by atoms with Crippen molar-refractivity contribution in [3.8, 4) is 0 Å². The summed E-state index contributed by atoms with van der Waals surface area (Å²) in [5.41, 5.74) is 0.958. The van der Waals surface area contributed by atoms with Gasteiger partial charge >= 0.3 is 0 Å². The third-order valence-corrected chi connectivity index (χ3v) is 5.28. The first-order valence-electron chi connectivity index (χ1n) is 9.68. The molecule has 0 bridgehead atoms. The molecule has 0 saturated carbocycles. The maximum atomic E-state index is 12.2. The lowest BCUT2D eigenvalue weighted by Gasteiger charge is -2.39. The Kier molecular flexibility index (Phi) is 7.06. The molecule has 1 aromatic rings. The van der Waals surface area contributed by atoms with Gasteiger partial charge in [-0.1, -0.05) is 37.3 Å². The predicted octanol–water partition coefficient (Wildman–Crippen LogP) is 2.85. The Labute approximate surface area is 158 Å². The van der Waals surface area contributed by atoms with Gasteiger partial charge in [0.05, 0.1) is 5.41 Å². The van der Waals surface area contributed by atoms with Gasteiger partial charge in [-0.2, -0.15) is 0 Å². The second kappa shape index (κ2) is 9.06. The molecule has 1 aliphatic heterocycles. The van der Waals surface area contributed by atoms with Crippen LogP contribution in [0.2, 0.25) is 0 Å². The van der Waals surface area contributed by atoms with Crippen molar-refractivity contribution in [2.75, 3.05) is 33.2 Å². The van der Waals surface area contributed by atoms with Gasteiger partial charge < -0.3 is 15.5 Å². The SMILES string of the molecule is CCNC(=O)C(C)(C)CNC(=NC)N1CCC(c2ccccc2)C(C)C1. The topological polar surface area (TPSA) is 56.7 Å². The van der Waals surface area contributed by atoms with Crippen molar-refractivity contribution >= 4 is 11.9 Å². The van der Waals surface area contributed by atoms with Crippen LogP contribution in [-0.2, 0) is 4.79 Å². The van der Waals surface area contributed by atoms with Crippen LogP contribution in [0.3, 0.4) is 0 Å². The normalized spacial score (nSPS) is 21.4. The van der Waals surface area contributed by atoms with Crippen molar-refractivity contribution in [3.05, 3.63) is 35.9 Å². The number of carbonyl (C=O) groups is 1. The van der Waals surface area contributed by atoms with Gasteiger partial charge in [0.2, 0.25) is 5.91 Å². The number of guanidine groups is 1. The summed E-state index contributed by atoms with van der Waals surface area (Å²) in [6, 6.07) is 10.8. The number of nitrogens with zero attached hydrogens (tertiary/aromatic N) is 2. The molecule has 1 aliphatic rings. The first kappa shape index (κ1) is 20.3. The fraction of sp³-hybridized carbons (Fsp3) is 0.619. The van der Waals surface area contributed by atoms with E-state index in [1.807, 2.05) is 27.8 Å². The van der Waals surface area contributed by atoms with Gasteiger partial charge in [0.15, 0.2) is 5.96 Å². The predicted molar refractivity (Wildman–Crippen MR) is 108 cm³/mol. The average molecular weight is 359 g/mol. The smallest absolute Gasteiger partial charge is 0.227 e. The first-order valence-corrected chi connectivity index (χ1v) is 9.68. The molecular weight excluding hydrogens is 324 g/mol. The minimum Gasteiger partial charge on any atom is -0.356 e. The van der Waals surface area contributed by atoms with Crippen LogP contribution < -0.4 is 10.6 Å². The fourth-order valence-corrected chi connectivity index (χ4v) is 3.65. The zero-order valence-electron chi connectivity index (χ0n) is 16.9. The van der Waals surface area contributed by atoms with E-state index in [-0.39, 0.29) is 5.91 Å². The van der Waals surface area contributed by atoms with E-state index < -0.39 is 5.41 Å². The lowest BCUT2D eigenvalue weighted by Crippen LogP contribution is -2.51. The quantitative estimate of drug-likeness (QED) is 0.629. The van der Waals surface area contributed by atoms with Crippen LogP contribution in [0, 0.1) is 11.3 Å². The Morgan fingerprint density at radius 2 is 1.96 bits per heavy atom. The number of hydrogen-bond donors (Lipinski definition) is 2. The standard InChI is InChI=1S/C21H34N4O/c1-6-23-19(26)21(3,4)15-24-20(22-5)25-13-12-18(16(2)14-25)17-10-8-7-9-11-17/h7-11,16,18H,6,12-15H2,1-5H3,(H,22,24)(H,23,26). The van der Waals surface area contributed by atoms with Crippen molar-refractivity contribution in [1.29, 1.82) is 0 Å². The van der Waals surface area contributed by atoms with Gasteiger partial charge in [-0.15, -0.1) is 0 Å². The molecule has 1 aromatic carbocycles. The molecule has 2 N–H and O–H groups in total. The maximum absolute atomic E-state index is 12.2. The third-order valence-electron chi connectivity index (χ3n) is 5.28. The van der Waals surface area contributed by atoms with Gasteiger partial charge in [0.25, 0.3) is 0 Å². The maximum Gasteiger partial charge on any atom is 0.227 e. The number of likely N-dealkylation sites (tertiary alicyclic amines) is 1. The monoisotopic (exact) mass is 358 g/mol. The van der Waals surface area contributed by atoms with Gasteiger partial charge in [-0.05, 0) is 44.6 Å². The molecule has 1 amide bonds. The second-order valence-electron chi connectivity index (χ2n) is 7.87. The summed E-state index contributed by atoms with van der Waals surface area (Å²) in [5, 5.41) is 6.31. The summed E-state index contributed by atoms with van der Waals surface area (Å²) in [4.78, 5) is 19.0. The minimum atomic E-state index is -0.472. The van der Waals surface area contributed by atoms with Gasteiger partial charge in [-0.3, -0.25) is 9.79 Å². The van der Waals surface area contributed by atoms with Crippen LogP contribution in [0.25, 0.3) is 0 Å². The summed E-state index contributed by atoms with van der Waals surface area (Å²) in [6.07, 6.45) is 1.12. The lowest BCUT2D eigenvalue weighted by atomic mass is 9.81. The molecule has 0 aromatic heterocycles. The Morgan fingerprint density at radius 3 is 2.54 bits per heavy atom. The number of piperidine rings is 1. The molecule has 1 heterocycles. The van der Waals surface area contributed by atoms with Crippen LogP contribution in [0.4, 0.5) is 0 Å². The highest BCUT2D eigenvalue weighted by Gasteiger charge is 2.31. The van der Waals surface area contributed by atoms with E-state index in [2.05, 4.69) is 57.8 Å². The highest BCUT2D eigenvalue weighted by molar-refractivity contribution is 5.84. The van der Waals surface area contributed by atoms with Crippen LogP contribution in [0.15, 0.2) is 35.3 Å². The fourth-order valence-electron chi connectivity index (χ4n) is 3.65. The molecule has 2 rings (SSSR count). The van der Waals surface area contributed by atoms with Crippen LogP contribution in [0.1, 0.15) is 45.6 Å². The van der Waals surface area contributed by atoms with Gasteiger partial charge in [-0.25, -0.2) is 0 Å². The van der Waals surface area contributed by atoms with Gasteiger partial charge in [0, 0.05) is 33.2 Å². The zero-order valence-corrected chi connectivity index (χ0v) is 16.9. The van der Waals surface area contributed by atoms with E-state index in [4.69, 9.17) is 0 Å².